The van der Waals surface area contributed by atoms with Crippen molar-refractivity contribution in [2.75, 3.05) is 0 Å². The van der Waals surface area contributed by atoms with Crippen LogP contribution in [0.4, 0.5) is 0 Å². The standard InChI is InChI=1S/C16H12O4/c1-9-2-4-10(5-3-9)11-7-16(19)20-15-8-14(18)13(17)6-12(11)15/h2-8,17-18H,1H3. The molecule has 0 atom stereocenters. The fourth-order valence-electron chi connectivity index (χ4n) is 2.16. The number of fused-ring (bicyclic) bond motifs is 1. The molecule has 0 amide bonds. The van der Waals surface area contributed by atoms with Gasteiger partial charge in [-0.15, -0.1) is 0 Å². The van der Waals surface area contributed by atoms with Crippen molar-refractivity contribution in [1.82, 2.24) is 0 Å². The minimum Gasteiger partial charge on any atom is -0.504 e. The fourth-order valence-corrected chi connectivity index (χ4v) is 2.16. The first-order chi connectivity index (χ1) is 9.54. The number of hydrogen-bond donors (Lipinski definition) is 2. The molecule has 0 saturated carbocycles. The predicted molar refractivity (Wildman–Crippen MR) is 76.0 cm³/mol. The molecule has 0 saturated heterocycles. The minimum atomic E-state index is -0.502. The Kier molecular flexibility index (Phi) is 2.71. The molecule has 0 unspecified atom stereocenters. The van der Waals surface area contributed by atoms with E-state index in [9.17, 15) is 15.0 Å². The van der Waals surface area contributed by atoms with Crippen LogP contribution in [0.5, 0.6) is 11.5 Å². The number of aryl methyl sites for hydroxylation is 1. The molecule has 3 aromatic rings. The van der Waals surface area contributed by atoms with Crippen molar-refractivity contribution in [3.63, 3.8) is 0 Å². The SMILES string of the molecule is Cc1ccc(-c2cc(=O)oc3cc(O)c(O)cc23)cc1. The average Bonchev–Trinajstić information content (AvgIpc) is 2.41. The lowest BCUT2D eigenvalue weighted by atomic mass is 10.0. The summed E-state index contributed by atoms with van der Waals surface area (Å²) >= 11 is 0. The van der Waals surface area contributed by atoms with Crippen molar-refractivity contribution in [3.8, 4) is 22.6 Å². The Labute approximate surface area is 114 Å². The Morgan fingerprint density at radius 3 is 2.30 bits per heavy atom. The lowest BCUT2D eigenvalue weighted by Crippen LogP contribution is -1.98. The second-order valence-electron chi connectivity index (χ2n) is 4.68. The van der Waals surface area contributed by atoms with Gasteiger partial charge >= 0.3 is 5.63 Å². The summed E-state index contributed by atoms with van der Waals surface area (Å²) in [4.78, 5) is 11.6. The molecule has 1 heterocycles. The summed E-state index contributed by atoms with van der Waals surface area (Å²) in [5.74, 6) is -0.568. The smallest absolute Gasteiger partial charge is 0.336 e. The highest BCUT2D eigenvalue weighted by molar-refractivity contribution is 5.94. The van der Waals surface area contributed by atoms with Gasteiger partial charge in [-0.25, -0.2) is 4.79 Å². The van der Waals surface area contributed by atoms with Gasteiger partial charge in [-0.2, -0.15) is 0 Å². The van der Waals surface area contributed by atoms with E-state index in [1.165, 1.54) is 18.2 Å². The summed E-state index contributed by atoms with van der Waals surface area (Å²) in [6.07, 6.45) is 0. The molecule has 0 aliphatic heterocycles. The molecule has 2 aromatic carbocycles. The molecule has 20 heavy (non-hydrogen) atoms. The van der Waals surface area contributed by atoms with Gasteiger partial charge in [0.05, 0.1) is 0 Å². The Morgan fingerprint density at radius 2 is 1.60 bits per heavy atom. The molecule has 3 rings (SSSR count). The predicted octanol–water partition coefficient (Wildman–Crippen LogP) is 3.18. The summed E-state index contributed by atoms with van der Waals surface area (Å²) in [5, 5.41) is 19.7. The van der Waals surface area contributed by atoms with E-state index in [1.54, 1.807) is 0 Å². The van der Waals surface area contributed by atoms with Gasteiger partial charge in [-0.1, -0.05) is 29.8 Å². The Bertz CT molecular complexity index is 845. The van der Waals surface area contributed by atoms with Crippen LogP contribution in [-0.4, -0.2) is 10.2 Å². The van der Waals surface area contributed by atoms with Gasteiger partial charge in [-0.3, -0.25) is 0 Å². The third-order valence-corrected chi connectivity index (χ3v) is 3.20. The second-order valence-corrected chi connectivity index (χ2v) is 4.68. The van der Waals surface area contributed by atoms with Gasteiger partial charge in [0.15, 0.2) is 11.5 Å². The number of aromatic hydroxyl groups is 2. The van der Waals surface area contributed by atoms with E-state index in [0.29, 0.717) is 10.9 Å². The highest BCUT2D eigenvalue weighted by Gasteiger charge is 2.11. The summed E-state index contributed by atoms with van der Waals surface area (Å²) in [7, 11) is 0. The van der Waals surface area contributed by atoms with Gasteiger partial charge in [0, 0.05) is 17.5 Å². The van der Waals surface area contributed by atoms with E-state index in [1.807, 2.05) is 31.2 Å². The topological polar surface area (TPSA) is 70.7 Å². The number of rotatable bonds is 1. The molecular weight excluding hydrogens is 256 g/mol. The molecule has 0 fully saturated rings. The van der Waals surface area contributed by atoms with Crippen molar-refractivity contribution in [1.29, 1.82) is 0 Å². The van der Waals surface area contributed by atoms with Crippen LogP contribution in [0.15, 0.2) is 51.7 Å². The maximum atomic E-state index is 11.6. The van der Waals surface area contributed by atoms with Crippen LogP contribution in [0.3, 0.4) is 0 Å². The maximum Gasteiger partial charge on any atom is 0.336 e. The van der Waals surface area contributed by atoms with Crippen LogP contribution in [0.25, 0.3) is 22.1 Å². The zero-order chi connectivity index (χ0) is 14.3. The molecule has 0 aliphatic rings. The third-order valence-electron chi connectivity index (χ3n) is 3.20. The van der Waals surface area contributed by atoms with Crippen molar-refractivity contribution < 1.29 is 14.6 Å². The largest absolute Gasteiger partial charge is 0.504 e. The average molecular weight is 268 g/mol. The molecule has 0 radical (unpaired) electrons. The first-order valence-corrected chi connectivity index (χ1v) is 6.11. The molecular formula is C16H12O4. The Morgan fingerprint density at radius 1 is 0.950 bits per heavy atom. The minimum absolute atomic E-state index is 0.239. The summed E-state index contributed by atoms with van der Waals surface area (Å²) < 4.78 is 5.06. The maximum absolute atomic E-state index is 11.6. The highest BCUT2D eigenvalue weighted by Crippen LogP contribution is 2.34. The quantitative estimate of drug-likeness (QED) is 0.525. The van der Waals surface area contributed by atoms with Crippen molar-refractivity contribution in [3.05, 3.63) is 58.4 Å². The van der Waals surface area contributed by atoms with Gasteiger partial charge in [0.25, 0.3) is 0 Å². The lowest BCUT2D eigenvalue weighted by molar-refractivity contribution is 0.403. The van der Waals surface area contributed by atoms with Crippen molar-refractivity contribution in [2.24, 2.45) is 0 Å². The van der Waals surface area contributed by atoms with E-state index in [4.69, 9.17) is 4.42 Å². The molecule has 100 valence electrons. The van der Waals surface area contributed by atoms with E-state index < -0.39 is 5.63 Å². The molecule has 0 spiro atoms. The summed E-state index contributed by atoms with van der Waals surface area (Å²) in [6.45, 7) is 1.98. The molecule has 0 aliphatic carbocycles. The van der Waals surface area contributed by atoms with Gasteiger partial charge in [-0.05, 0) is 24.1 Å². The Balaban J connectivity index is 2.37. The molecule has 1 aromatic heterocycles. The Hall–Kier alpha value is -2.75. The van der Waals surface area contributed by atoms with E-state index in [0.717, 1.165) is 11.1 Å². The normalized spacial score (nSPS) is 10.8. The van der Waals surface area contributed by atoms with Crippen LogP contribution in [0, 0.1) is 6.92 Å². The number of phenols is 2. The van der Waals surface area contributed by atoms with Crippen molar-refractivity contribution in [2.45, 2.75) is 6.92 Å². The van der Waals surface area contributed by atoms with Crippen LogP contribution in [0.2, 0.25) is 0 Å². The first kappa shape index (κ1) is 12.3. The highest BCUT2D eigenvalue weighted by atomic mass is 16.4. The van der Waals surface area contributed by atoms with Gasteiger partial charge < -0.3 is 14.6 Å². The van der Waals surface area contributed by atoms with Crippen LogP contribution in [-0.2, 0) is 0 Å². The molecule has 4 nitrogen and oxygen atoms in total. The molecule has 4 heteroatoms. The number of hydrogen-bond acceptors (Lipinski definition) is 4. The fraction of sp³-hybridized carbons (Fsp3) is 0.0625. The zero-order valence-electron chi connectivity index (χ0n) is 10.8. The van der Waals surface area contributed by atoms with Gasteiger partial charge in [0.1, 0.15) is 5.58 Å². The van der Waals surface area contributed by atoms with E-state index >= 15 is 0 Å². The number of benzene rings is 2. The number of phenolic OH excluding ortho intramolecular Hbond substituents is 2. The lowest BCUT2D eigenvalue weighted by Gasteiger charge is -2.07. The summed E-state index contributed by atoms with van der Waals surface area (Å²) in [6, 6.07) is 11.7. The second kappa shape index (κ2) is 4.42. The zero-order valence-corrected chi connectivity index (χ0v) is 10.8. The first-order valence-electron chi connectivity index (χ1n) is 6.11. The van der Waals surface area contributed by atoms with Crippen LogP contribution >= 0.6 is 0 Å². The third kappa shape index (κ3) is 2.01. The van der Waals surface area contributed by atoms with Crippen LogP contribution in [0.1, 0.15) is 5.56 Å². The molecule has 0 bridgehead atoms. The van der Waals surface area contributed by atoms with Crippen molar-refractivity contribution >= 4 is 11.0 Å². The van der Waals surface area contributed by atoms with E-state index in [2.05, 4.69) is 0 Å². The van der Waals surface area contributed by atoms with Crippen LogP contribution < -0.4 is 5.63 Å². The summed E-state index contributed by atoms with van der Waals surface area (Å²) in [5.41, 5.74) is 2.35. The monoisotopic (exact) mass is 268 g/mol. The van der Waals surface area contributed by atoms with E-state index in [-0.39, 0.29) is 17.1 Å². The van der Waals surface area contributed by atoms with Gasteiger partial charge in [0.2, 0.25) is 0 Å². The molecule has 2 N–H and O–H groups in total.